The third kappa shape index (κ3) is 5.26. The molecule has 0 fully saturated rings. The molecule has 0 spiro atoms. The minimum absolute atomic E-state index is 0.0229. The van der Waals surface area contributed by atoms with Gasteiger partial charge < -0.3 is 19.5 Å². The number of ether oxygens (including phenoxy) is 3. The smallest absolute Gasteiger partial charge is 0.417 e. The zero-order valence-electron chi connectivity index (χ0n) is 20.6. The maximum atomic E-state index is 13.2. The lowest BCUT2D eigenvalue weighted by Gasteiger charge is -2.14. The van der Waals surface area contributed by atoms with E-state index in [0.29, 0.717) is 44.7 Å². The van der Waals surface area contributed by atoms with E-state index in [1.54, 1.807) is 68.9 Å². The Morgan fingerprint density at radius 3 is 2.38 bits per heavy atom. The summed E-state index contributed by atoms with van der Waals surface area (Å²) in [6.07, 6.45) is -3.03. The maximum Gasteiger partial charge on any atom is 0.417 e. The number of pyridine rings is 1. The Balaban J connectivity index is 1.45. The predicted molar refractivity (Wildman–Crippen MR) is 143 cm³/mol. The first-order chi connectivity index (χ1) is 18.7. The monoisotopic (exact) mass is 552 g/mol. The fourth-order valence-electron chi connectivity index (χ4n) is 4.21. The van der Waals surface area contributed by atoms with Crippen LogP contribution in [0.4, 0.5) is 18.9 Å². The number of carbonyl (C=O) groups excluding carboxylic acids is 1. The van der Waals surface area contributed by atoms with E-state index in [1.165, 1.54) is 6.07 Å². The first-order valence-corrected chi connectivity index (χ1v) is 11.9. The van der Waals surface area contributed by atoms with Crippen molar-refractivity contribution in [2.45, 2.75) is 6.18 Å². The van der Waals surface area contributed by atoms with Crippen LogP contribution in [0.3, 0.4) is 0 Å². The van der Waals surface area contributed by atoms with Crippen LogP contribution in [0.15, 0.2) is 79.0 Å². The van der Waals surface area contributed by atoms with Gasteiger partial charge in [-0.25, -0.2) is 0 Å². The summed E-state index contributed by atoms with van der Waals surface area (Å²) >= 11 is 5.69. The summed E-state index contributed by atoms with van der Waals surface area (Å²) in [4.78, 5) is 17.4. The van der Waals surface area contributed by atoms with Crippen LogP contribution in [0.1, 0.15) is 15.9 Å². The van der Waals surface area contributed by atoms with Gasteiger partial charge >= 0.3 is 6.18 Å². The Morgan fingerprint density at radius 1 is 0.872 bits per heavy atom. The van der Waals surface area contributed by atoms with Crippen molar-refractivity contribution in [1.29, 1.82) is 0 Å². The Morgan fingerprint density at radius 2 is 1.64 bits per heavy atom. The molecule has 4 aromatic carbocycles. The van der Waals surface area contributed by atoms with E-state index in [2.05, 4.69) is 10.3 Å². The SMILES string of the molecule is COc1cc2nccc(Oc3ccc4c(C(=O)Nc5ccc(Cl)c(C(F)(F)F)c5)cccc4c3)c2cc1OC. The minimum atomic E-state index is -4.65. The van der Waals surface area contributed by atoms with Crippen molar-refractivity contribution in [2.75, 3.05) is 19.5 Å². The first kappa shape index (κ1) is 26.1. The second-order valence-electron chi connectivity index (χ2n) is 8.47. The number of halogens is 4. The van der Waals surface area contributed by atoms with Crippen molar-refractivity contribution in [3.63, 3.8) is 0 Å². The van der Waals surface area contributed by atoms with Gasteiger partial charge in [0, 0.05) is 28.9 Å². The average Bonchev–Trinajstić information content (AvgIpc) is 2.92. The number of amides is 1. The number of methoxy groups -OCH3 is 2. The van der Waals surface area contributed by atoms with Crippen molar-refractivity contribution < 1.29 is 32.2 Å². The van der Waals surface area contributed by atoms with Gasteiger partial charge in [-0.1, -0.05) is 23.7 Å². The molecule has 0 unspecified atom stereocenters. The summed E-state index contributed by atoms with van der Waals surface area (Å²) in [5, 5.41) is 4.09. The Hall–Kier alpha value is -4.50. The number of hydrogen-bond donors (Lipinski definition) is 1. The van der Waals surface area contributed by atoms with E-state index in [4.69, 9.17) is 25.8 Å². The summed E-state index contributed by atoms with van der Waals surface area (Å²) in [7, 11) is 3.09. The summed E-state index contributed by atoms with van der Waals surface area (Å²) in [6, 6.07) is 18.8. The van der Waals surface area contributed by atoms with Gasteiger partial charge in [-0.2, -0.15) is 13.2 Å². The van der Waals surface area contributed by atoms with Gasteiger partial charge in [0.2, 0.25) is 0 Å². The Labute approximate surface area is 225 Å². The number of carbonyl (C=O) groups is 1. The molecule has 0 aliphatic rings. The van der Waals surface area contributed by atoms with Crippen molar-refractivity contribution in [2.24, 2.45) is 0 Å². The number of nitrogens with zero attached hydrogens (tertiary/aromatic N) is 1. The van der Waals surface area contributed by atoms with Crippen LogP contribution < -0.4 is 19.5 Å². The lowest BCUT2D eigenvalue weighted by atomic mass is 10.0. The van der Waals surface area contributed by atoms with Gasteiger partial charge in [-0.05, 0) is 65.4 Å². The number of benzene rings is 4. The highest BCUT2D eigenvalue weighted by Gasteiger charge is 2.33. The van der Waals surface area contributed by atoms with E-state index in [0.717, 1.165) is 12.1 Å². The highest BCUT2D eigenvalue weighted by molar-refractivity contribution is 6.31. The summed E-state index contributed by atoms with van der Waals surface area (Å²) in [5.41, 5.74) is -0.110. The molecule has 198 valence electrons. The van der Waals surface area contributed by atoms with Crippen molar-refractivity contribution in [3.05, 3.63) is 95.1 Å². The molecule has 0 atom stereocenters. The lowest BCUT2D eigenvalue weighted by molar-refractivity contribution is -0.137. The largest absolute Gasteiger partial charge is 0.493 e. The van der Waals surface area contributed by atoms with Gasteiger partial charge in [0.05, 0.1) is 30.3 Å². The van der Waals surface area contributed by atoms with Gasteiger partial charge in [0.25, 0.3) is 5.91 Å². The molecule has 6 nitrogen and oxygen atoms in total. The first-order valence-electron chi connectivity index (χ1n) is 11.6. The zero-order valence-corrected chi connectivity index (χ0v) is 21.4. The molecule has 1 amide bonds. The summed E-state index contributed by atoms with van der Waals surface area (Å²) < 4.78 is 56.6. The Kier molecular flexibility index (Phi) is 6.93. The second-order valence-corrected chi connectivity index (χ2v) is 8.88. The Bertz CT molecular complexity index is 1720. The van der Waals surface area contributed by atoms with E-state index in [9.17, 15) is 18.0 Å². The molecule has 0 saturated carbocycles. The van der Waals surface area contributed by atoms with Crippen LogP contribution >= 0.6 is 11.6 Å². The molecule has 0 radical (unpaired) electrons. The van der Waals surface area contributed by atoms with Crippen molar-refractivity contribution in [3.8, 4) is 23.0 Å². The average molecular weight is 553 g/mol. The van der Waals surface area contributed by atoms with E-state index in [1.807, 2.05) is 6.07 Å². The summed E-state index contributed by atoms with van der Waals surface area (Å²) in [6.45, 7) is 0. The predicted octanol–water partition coefficient (Wildman–Crippen LogP) is 8.12. The highest BCUT2D eigenvalue weighted by Crippen LogP contribution is 2.38. The summed E-state index contributed by atoms with van der Waals surface area (Å²) in [5.74, 6) is 1.55. The highest BCUT2D eigenvalue weighted by atomic mass is 35.5. The van der Waals surface area contributed by atoms with Crippen LogP contribution in [0.25, 0.3) is 21.7 Å². The minimum Gasteiger partial charge on any atom is -0.493 e. The fourth-order valence-corrected chi connectivity index (χ4v) is 4.43. The van der Waals surface area contributed by atoms with Crippen molar-refractivity contribution >= 4 is 44.9 Å². The quantitative estimate of drug-likeness (QED) is 0.230. The number of aromatic nitrogens is 1. The lowest BCUT2D eigenvalue weighted by Crippen LogP contribution is -2.14. The van der Waals surface area contributed by atoms with E-state index < -0.39 is 22.7 Å². The molecule has 0 bridgehead atoms. The molecule has 0 aliphatic heterocycles. The van der Waals surface area contributed by atoms with E-state index >= 15 is 0 Å². The second kappa shape index (κ2) is 10.3. The number of anilines is 1. The molecule has 39 heavy (non-hydrogen) atoms. The molecule has 1 aromatic heterocycles. The molecular formula is C29H20ClF3N2O4. The number of alkyl halides is 3. The topological polar surface area (TPSA) is 69.7 Å². The zero-order chi connectivity index (χ0) is 27.7. The molecule has 1 heterocycles. The maximum absolute atomic E-state index is 13.2. The molecule has 0 aliphatic carbocycles. The third-order valence-electron chi connectivity index (χ3n) is 6.06. The van der Waals surface area contributed by atoms with E-state index in [-0.39, 0.29) is 11.3 Å². The van der Waals surface area contributed by atoms with Gasteiger partial charge in [-0.3, -0.25) is 9.78 Å². The molecule has 1 N–H and O–H groups in total. The van der Waals surface area contributed by atoms with Crippen LogP contribution in [0.2, 0.25) is 5.02 Å². The normalized spacial score (nSPS) is 11.4. The van der Waals surface area contributed by atoms with Crippen LogP contribution in [0, 0.1) is 0 Å². The van der Waals surface area contributed by atoms with Crippen molar-refractivity contribution in [1.82, 2.24) is 4.98 Å². The number of rotatable bonds is 6. The van der Waals surface area contributed by atoms with Gasteiger partial charge in [0.1, 0.15) is 11.5 Å². The third-order valence-corrected chi connectivity index (χ3v) is 6.39. The number of fused-ring (bicyclic) bond motifs is 2. The van der Waals surface area contributed by atoms with Crippen LogP contribution in [-0.4, -0.2) is 25.1 Å². The van der Waals surface area contributed by atoms with Gasteiger partial charge in [-0.15, -0.1) is 0 Å². The number of nitrogens with one attached hydrogen (secondary N) is 1. The fraction of sp³-hybridized carbons (Fsp3) is 0.103. The molecule has 5 rings (SSSR count). The van der Waals surface area contributed by atoms with Crippen LogP contribution in [0.5, 0.6) is 23.0 Å². The molecule has 0 saturated heterocycles. The molecular weight excluding hydrogens is 533 g/mol. The van der Waals surface area contributed by atoms with Gasteiger partial charge in [0.15, 0.2) is 11.5 Å². The number of hydrogen-bond acceptors (Lipinski definition) is 5. The molecule has 5 aromatic rings. The standard InChI is InChI=1S/C29H20ClF3N2O4/c1-37-26-14-21-24(15-27(26)38-2)34-11-10-25(21)39-18-7-8-19-16(12-18)4-3-5-20(19)28(36)35-17-6-9-23(30)22(13-17)29(31,32)33/h3-15H,1-2H3,(H,35,36). The molecule has 10 heteroatoms. The van der Waals surface area contributed by atoms with Crippen LogP contribution in [-0.2, 0) is 6.18 Å².